The maximum atomic E-state index is 11.4. The van der Waals surface area contributed by atoms with Crippen LogP contribution in [-0.2, 0) is 9.53 Å². The van der Waals surface area contributed by atoms with Crippen molar-refractivity contribution >= 4 is 27.5 Å². The molecule has 5 nitrogen and oxygen atoms in total. The van der Waals surface area contributed by atoms with Crippen LogP contribution in [0.1, 0.15) is 20.8 Å². The van der Waals surface area contributed by atoms with Crippen molar-refractivity contribution < 1.29 is 9.53 Å². The van der Waals surface area contributed by atoms with Gasteiger partial charge in [-0.25, -0.2) is 0 Å². The molecule has 0 saturated heterocycles. The van der Waals surface area contributed by atoms with Crippen LogP contribution in [0.5, 0.6) is 0 Å². The lowest BCUT2D eigenvalue weighted by atomic mass is 10.2. The van der Waals surface area contributed by atoms with Crippen molar-refractivity contribution in [3.63, 3.8) is 0 Å². The predicted molar refractivity (Wildman–Crippen MR) is 97.9 cm³/mol. The summed E-state index contributed by atoms with van der Waals surface area (Å²) in [5.74, 6) is 7.19. The highest BCUT2D eigenvalue weighted by Crippen LogP contribution is 2.24. The molecule has 0 rings (SSSR count). The Kier molecular flexibility index (Phi) is 15.2. The molecule has 1 unspecified atom stereocenters. The number of hydrogen-bond acceptors (Lipinski definition) is 6. The smallest absolute Gasteiger partial charge is 0.246 e. The summed E-state index contributed by atoms with van der Waals surface area (Å²) >= 11 is 0. The van der Waals surface area contributed by atoms with Gasteiger partial charge in [0.05, 0.1) is 18.5 Å². The highest BCUT2D eigenvalue weighted by molar-refractivity contribution is 8.76. The highest BCUT2D eigenvalue weighted by Gasteiger charge is 2.03. The molecule has 0 bridgehead atoms. The molecule has 0 aromatic heterocycles. The summed E-state index contributed by atoms with van der Waals surface area (Å²) in [4.78, 5) is 11.4. The summed E-state index contributed by atoms with van der Waals surface area (Å²) in [5, 5.41) is 9.53. The Morgan fingerprint density at radius 1 is 1.27 bits per heavy atom. The molecule has 0 fully saturated rings. The van der Waals surface area contributed by atoms with E-state index in [4.69, 9.17) is 4.74 Å². The number of nitrogens with one attached hydrogen (secondary N) is 3. The van der Waals surface area contributed by atoms with Gasteiger partial charge < -0.3 is 20.7 Å². The number of hydrogen-bond donors (Lipinski definition) is 3. The molecule has 0 aromatic carbocycles. The van der Waals surface area contributed by atoms with E-state index in [-0.39, 0.29) is 12.5 Å². The van der Waals surface area contributed by atoms with Crippen LogP contribution < -0.4 is 16.0 Å². The fraction of sp³-hybridized carbons (Fsp3) is 0.800. The molecule has 3 N–H and O–H groups in total. The van der Waals surface area contributed by atoms with Crippen LogP contribution in [0.4, 0.5) is 0 Å². The first-order valence-electron chi connectivity index (χ1n) is 7.55. The summed E-state index contributed by atoms with van der Waals surface area (Å²) in [7, 11) is 5.61. The number of carbonyl (C=O) groups excluding carboxylic acids is 1. The number of carbonyl (C=O) groups is 1. The second kappa shape index (κ2) is 15.5. The third-order valence-electron chi connectivity index (χ3n) is 2.32. The normalized spacial score (nSPS) is 11.9. The molecule has 7 heteroatoms. The summed E-state index contributed by atoms with van der Waals surface area (Å²) in [6.07, 6.45) is 0. The summed E-state index contributed by atoms with van der Waals surface area (Å²) in [6.45, 7) is 8.91. The molecule has 0 aliphatic heterocycles. The van der Waals surface area contributed by atoms with Gasteiger partial charge in [-0.05, 0) is 14.0 Å². The Morgan fingerprint density at radius 2 is 2.05 bits per heavy atom. The average molecular weight is 348 g/mol. The minimum absolute atomic E-state index is 0.0868. The van der Waals surface area contributed by atoms with Gasteiger partial charge in [-0.3, -0.25) is 4.79 Å². The molecule has 0 aliphatic carbocycles. The van der Waals surface area contributed by atoms with Crippen molar-refractivity contribution in [2.24, 2.45) is 5.92 Å². The van der Waals surface area contributed by atoms with Crippen molar-refractivity contribution in [2.75, 3.05) is 45.6 Å². The quantitative estimate of drug-likeness (QED) is 0.214. The summed E-state index contributed by atoms with van der Waals surface area (Å²) in [5.41, 5.74) is 0. The Balaban J connectivity index is 3.41. The lowest BCUT2D eigenvalue weighted by molar-refractivity contribution is -0.125. The monoisotopic (exact) mass is 347 g/mol. The van der Waals surface area contributed by atoms with E-state index in [9.17, 15) is 4.79 Å². The first kappa shape index (κ1) is 21.6. The highest BCUT2D eigenvalue weighted by atomic mass is 33.1. The summed E-state index contributed by atoms with van der Waals surface area (Å²) in [6, 6.07) is 0. The van der Waals surface area contributed by atoms with Gasteiger partial charge in [0.25, 0.3) is 0 Å². The third kappa shape index (κ3) is 16.0. The van der Waals surface area contributed by atoms with E-state index in [1.165, 1.54) is 0 Å². The fourth-order valence-corrected chi connectivity index (χ4v) is 3.40. The summed E-state index contributed by atoms with van der Waals surface area (Å²) < 4.78 is 5.32. The molecule has 0 aliphatic rings. The standard InChI is InChI=1S/C15H29N3O2S2/c1-13(2)6-5-7-18-15(19)12-20-10-8-17-14(3)22-21-11-9-16-4/h13-14,16-17H,7-12H2,1-4H3,(H,18,19). The maximum Gasteiger partial charge on any atom is 0.246 e. The van der Waals surface area contributed by atoms with E-state index in [1.54, 1.807) is 0 Å². The Labute approximate surface area is 142 Å². The van der Waals surface area contributed by atoms with Crippen LogP contribution in [0.15, 0.2) is 0 Å². The number of rotatable bonds is 12. The largest absolute Gasteiger partial charge is 0.370 e. The molecule has 0 spiro atoms. The first-order chi connectivity index (χ1) is 10.6. The third-order valence-corrected chi connectivity index (χ3v) is 5.06. The van der Waals surface area contributed by atoms with E-state index in [0.717, 1.165) is 18.8 Å². The van der Waals surface area contributed by atoms with E-state index in [0.29, 0.717) is 24.4 Å². The SMILES string of the molecule is CNCCSSC(C)NCCOCC(=O)NCC#CC(C)C. The Bertz CT molecular complexity index is 343. The van der Waals surface area contributed by atoms with Gasteiger partial charge in [0, 0.05) is 24.8 Å². The van der Waals surface area contributed by atoms with Crippen molar-refractivity contribution in [2.45, 2.75) is 26.1 Å². The topological polar surface area (TPSA) is 62.4 Å². The second-order valence-electron chi connectivity index (χ2n) is 4.92. The molecule has 0 aromatic rings. The maximum absolute atomic E-state index is 11.4. The molecule has 0 heterocycles. The minimum Gasteiger partial charge on any atom is -0.370 e. The number of amides is 1. The molecule has 1 atom stereocenters. The second-order valence-corrected chi connectivity index (χ2v) is 7.75. The van der Waals surface area contributed by atoms with Crippen molar-refractivity contribution in [1.82, 2.24) is 16.0 Å². The molecule has 0 saturated carbocycles. The van der Waals surface area contributed by atoms with Gasteiger partial charge in [-0.1, -0.05) is 47.3 Å². The Morgan fingerprint density at radius 3 is 2.73 bits per heavy atom. The zero-order valence-corrected chi connectivity index (χ0v) is 15.7. The average Bonchev–Trinajstić information content (AvgIpc) is 2.47. The lowest BCUT2D eigenvalue weighted by Gasteiger charge is -2.12. The first-order valence-corrected chi connectivity index (χ1v) is 9.93. The van der Waals surface area contributed by atoms with E-state index in [1.807, 2.05) is 42.5 Å². The molecular weight excluding hydrogens is 318 g/mol. The minimum atomic E-state index is -0.122. The van der Waals surface area contributed by atoms with Crippen LogP contribution >= 0.6 is 21.6 Å². The van der Waals surface area contributed by atoms with E-state index in [2.05, 4.69) is 34.7 Å². The van der Waals surface area contributed by atoms with Crippen LogP contribution in [0.25, 0.3) is 0 Å². The van der Waals surface area contributed by atoms with Gasteiger partial charge in [0.2, 0.25) is 5.91 Å². The van der Waals surface area contributed by atoms with Crippen LogP contribution in [0, 0.1) is 17.8 Å². The molecule has 22 heavy (non-hydrogen) atoms. The lowest BCUT2D eigenvalue weighted by Crippen LogP contribution is -2.31. The molecule has 1 amide bonds. The fourth-order valence-electron chi connectivity index (χ4n) is 1.28. The van der Waals surface area contributed by atoms with Gasteiger partial charge in [0.1, 0.15) is 6.61 Å². The number of ether oxygens (including phenoxy) is 1. The van der Waals surface area contributed by atoms with Gasteiger partial charge in [-0.2, -0.15) is 0 Å². The zero-order valence-electron chi connectivity index (χ0n) is 14.0. The van der Waals surface area contributed by atoms with Crippen LogP contribution in [-0.4, -0.2) is 56.9 Å². The van der Waals surface area contributed by atoms with Gasteiger partial charge in [0.15, 0.2) is 0 Å². The van der Waals surface area contributed by atoms with Gasteiger partial charge in [-0.15, -0.1) is 0 Å². The Hall–Kier alpha value is -0.390. The van der Waals surface area contributed by atoms with E-state index < -0.39 is 0 Å². The van der Waals surface area contributed by atoms with E-state index >= 15 is 0 Å². The zero-order chi connectivity index (χ0) is 16.6. The van der Waals surface area contributed by atoms with Crippen LogP contribution in [0.3, 0.4) is 0 Å². The molecule has 0 radical (unpaired) electrons. The molecular formula is C15H29N3O2S2. The van der Waals surface area contributed by atoms with Crippen molar-refractivity contribution in [3.05, 3.63) is 0 Å². The van der Waals surface area contributed by atoms with Crippen molar-refractivity contribution in [1.29, 1.82) is 0 Å². The van der Waals surface area contributed by atoms with Crippen molar-refractivity contribution in [3.8, 4) is 11.8 Å². The predicted octanol–water partition coefficient (Wildman–Crippen LogP) is 1.31. The van der Waals surface area contributed by atoms with Gasteiger partial charge >= 0.3 is 0 Å². The van der Waals surface area contributed by atoms with Crippen LogP contribution in [0.2, 0.25) is 0 Å². The molecule has 128 valence electrons.